The van der Waals surface area contributed by atoms with Crippen LogP contribution in [-0.2, 0) is 4.79 Å². The Morgan fingerprint density at radius 1 is 1.23 bits per heavy atom. The Bertz CT molecular complexity index is 767. The van der Waals surface area contributed by atoms with Gasteiger partial charge in [0.25, 0.3) is 0 Å². The van der Waals surface area contributed by atoms with Gasteiger partial charge in [-0.3, -0.25) is 4.79 Å². The van der Waals surface area contributed by atoms with Gasteiger partial charge in [-0.2, -0.15) is 0 Å². The number of aromatic nitrogens is 2. The van der Waals surface area contributed by atoms with Crippen molar-refractivity contribution >= 4 is 39.8 Å². The summed E-state index contributed by atoms with van der Waals surface area (Å²) in [7, 11) is 0. The summed E-state index contributed by atoms with van der Waals surface area (Å²) in [5.41, 5.74) is 3.51. The Morgan fingerprint density at radius 2 is 1.96 bits per heavy atom. The lowest BCUT2D eigenvalue weighted by Crippen LogP contribution is -2.48. The van der Waals surface area contributed by atoms with Crippen LogP contribution in [0.5, 0.6) is 0 Å². The zero-order chi connectivity index (χ0) is 18.7. The Balaban J connectivity index is 1.56. The van der Waals surface area contributed by atoms with Crippen LogP contribution in [0.3, 0.4) is 0 Å². The third-order valence-electron chi connectivity index (χ3n) is 4.97. The SMILES string of the molecule is Cc1ccc(Nc2nnc(SCC(=O)N3[C@H](C)CCC[C@H]3C)s2)cc1C. The highest BCUT2D eigenvalue weighted by Crippen LogP contribution is 2.30. The van der Waals surface area contributed by atoms with Gasteiger partial charge in [0.2, 0.25) is 11.0 Å². The number of benzene rings is 1. The maximum Gasteiger partial charge on any atom is 0.233 e. The maximum atomic E-state index is 12.6. The van der Waals surface area contributed by atoms with Gasteiger partial charge in [-0.05, 0) is 70.2 Å². The maximum absolute atomic E-state index is 12.6. The van der Waals surface area contributed by atoms with E-state index >= 15 is 0 Å². The standard InChI is InChI=1S/C19H26N4OS2/c1-12-8-9-16(10-13(12)2)20-18-21-22-19(26-18)25-11-17(24)23-14(3)6-5-7-15(23)4/h8-10,14-15H,5-7,11H2,1-4H3,(H,20,21)/t14-,15-/m1/s1. The fourth-order valence-corrected chi connectivity index (χ4v) is 5.01. The summed E-state index contributed by atoms with van der Waals surface area (Å²) in [6.07, 6.45) is 3.41. The van der Waals surface area contributed by atoms with Crippen molar-refractivity contribution in [3.05, 3.63) is 29.3 Å². The first kappa shape index (κ1) is 19.2. The van der Waals surface area contributed by atoms with Crippen molar-refractivity contribution in [3.63, 3.8) is 0 Å². The minimum atomic E-state index is 0.202. The molecule has 2 heterocycles. The van der Waals surface area contributed by atoms with Crippen molar-refractivity contribution in [2.45, 2.75) is 63.4 Å². The fourth-order valence-electron chi connectivity index (χ4n) is 3.37. The lowest BCUT2D eigenvalue weighted by atomic mass is 9.98. The number of piperidine rings is 1. The fraction of sp³-hybridized carbons (Fsp3) is 0.526. The molecule has 1 aromatic carbocycles. The third-order valence-corrected chi connectivity index (χ3v) is 6.92. The quantitative estimate of drug-likeness (QED) is 0.745. The van der Waals surface area contributed by atoms with E-state index in [-0.39, 0.29) is 5.91 Å². The first-order valence-corrected chi connectivity index (χ1v) is 10.9. The van der Waals surface area contributed by atoms with E-state index in [0.717, 1.165) is 28.0 Å². The van der Waals surface area contributed by atoms with E-state index in [4.69, 9.17) is 0 Å². The second-order valence-corrected chi connectivity index (χ2v) is 9.22. The predicted molar refractivity (Wildman–Crippen MR) is 109 cm³/mol. The van der Waals surface area contributed by atoms with Crippen molar-refractivity contribution in [2.24, 2.45) is 0 Å². The number of carbonyl (C=O) groups excluding carboxylic acids is 1. The molecule has 1 saturated heterocycles. The Hall–Kier alpha value is -1.60. The highest BCUT2D eigenvalue weighted by Gasteiger charge is 2.28. The molecule has 0 spiro atoms. The van der Waals surface area contributed by atoms with Crippen LogP contribution in [0.4, 0.5) is 10.8 Å². The van der Waals surface area contributed by atoms with Crippen LogP contribution >= 0.6 is 23.1 Å². The second kappa shape index (κ2) is 8.39. The van der Waals surface area contributed by atoms with E-state index in [9.17, 15) is 4.79 Å². The number of hydrogen-bond donors (Lipinski definition) is 1. The van der Waals surface area contributed by atoms with Gasteiger partial charge in [0.05, 0.1) is 5.75 Å². The number of nitrogens with zero attached hydrogens (tertiary/aromatic N) is 3. The molecule has 1 aromatic heterocycles. The molecule has 0 unspecified atom stereocenters. The molecule has 1 aliphatic rings. The summed E-state index contributed by atoms with van der Waals surface area (Å²) >= 11 is 2.96. The number of anilines is 2. The van der Waals surface area contributed by atoms with Crippen molar-refractivity contribution in [2.75, 3.05) is 11.1 Å². The lowest BCUT2D eigenvalue weighted by molar-refractivity contribution is -0.134. The zero-order valence-electron chi connectivity index (χ0n) is 15.8. The van der Waals surface area contributed by atoms with E-state index in [1.807, 2.05) is 11.0 Å². The Kier molecular flexibility index (Phi) is 6.19. The first-order chi connectivity index (χ1) is 12.4. The molecule has 3 rings (SSSR count). The Labute approximate surface area is 163 Å². The summed E-state index contributed by atoms with van der Waals surface area (Å²) < 4.78 is 0.821. The summed E-state index contributed by atoms with van der Waals surface area (Å²) in [5.74, 6) is 0.626. The molecule has 0 aliphatic carbocycles. The van der Waals surface area contributed by atoms with Gasteiger partial charge in [0.15, 0.2) is 4.34 Å². The second-order valence-electron chi connectivity index (χ2n) is 7.02. The van der Waals surface area contributed by atoms with Crippen LogP contribution in [-0.4, -0.2) is 38.8 Å². The molecule has 0 radical (unpaired) electrons. The number of rotatable bonds is 5. The summed E-state index contributed by atoms with van der Waals surface area (Å²) in [6.45, 7) is 8.49. The van der Waals surface area contributed by atoms with Crippen molar-refractivity contribution in [1.29, 1.82) is 0 Å². The van der Waals surface area contributed by atoms with Crippen LogP contribution in [0.25, 0.3) is 0 Å². The Morgan fingerprint density at radius 3 is 2.65 bits per heavy atom. The molecule has 0 saturated carbocycles. The van der Waals surface area contributed by atoms with E-state index < -0.39 is 0 Å². The minimum absolute atomic E-state index is 0.202. The van der Waals surface area contributed by atoms with Gasteiger partial charge in [-0.15, -0.1) is 10.2 Å². The number of aryl methyl sites for hydroxylation is 2. The molecule has 1 N–H and O–H groups in total. The molecule has 140 valence electrons. The summed E-state index contributed by atoms with van der Waals surface area (Å²) in [6, 6.07) is 6.91. The molecule has 2 atom stereocenters. The van der Waals surface area contributed by atoms with E-state index in [1.165, 1.54) is 40.6 Å². The van der Waals surface area contributed by atoms with E-state index in [0.29, 0.717) is 17.8 Å². The molecule has 1 aliphatic heterocycles. The van der Waals surface area contributed by atoms with Crippen molar-refractivity contribution in [3.8, 4) is 0 Å². The van der Waals surface area contributed by atoms with Crippen LogP contribution in [0.15, 0.2) is 22.5 Å². The van der Waals surface area contributed by atoms with Gasteiger partial charge in [-0.25, -0.2) is 0 Å². The molecular formula is C19H26N4OS2. The molecule has 0 bridgehead atoms. The summed E-state index contributed by atoms with van der Waals surface area (Å²) in [4.78, 5) is 14.7. The van der Waals surface area contributed by atoms with Gasteiger partial charge >= 0.3 is 0 Å². The summed E-state index contributed by atoms with van der Waals surface area (Å²) in [5, 5.41) is 12.4. The molecule has 5 nitrogen and oxygen atoms in total. The highest BCUT2D eigenvalue weighted by molar-refractivity contribution is 8.01. The molecule has 7 heteroatoms. The lowest BCUT2D eigenvalue weighted by Gasteiger charge is -2.39. The number of thioether (sulfide) groups is 1. The normalized spacial score (nSPS) is 20.2. The highest BCUT2D eigenvalue weighted by atomic mass is 32.2. The van der Waals surface area contributed by atoms with Gasteiger partial charge in [-0.1, -0.05) is 29.2 Å². The van der Waals surface area contributed by atoms with Crippen molar-refractivity contribution < 1.29 is 4.79 Å². The van der Waals surface area contributed by atoms with Crippen LogP contribution in [0, 0.1) is 13.8 Å². The smallest absolute Gasteiger partial charge is 0.233 e. The average Bonchev–Trinajstić information content (AvgIpc) is 3.04. The van der Waals surface area contributed by atoms with Crippen LogP contribution in [0.1, 0.15) is 44.2 Å². The van der Waals surface area contributed by atoms with E-state index in [1.54, 1.807) is 0 Å². The molecule has 2 aromatic rings. The van der Waals surface area contributed by atoms with Crippen LogP contribution in [0.2, 0.25) is 0 Å². The number of likely N-dealkylation sites (tertiary alicyclic amines) is 1. The van der Waals surface area contributed by atoms with Crippen molar-refractivity contribution in [1.82, 2.24) is 15.1 Å². The number of carbonyl (C=O) groups is 1. The van der Waals surface area contributed by atoms with Gasteiger partial charge in [0.1, 0.15) is 0 Å². The van der Waals surface area contributed by atoms with Crippen LogP contribution < -0.4 is 5.32 Å². The zero-order valence-corrected chi connectivity index (χ0v) is 17.4. The largest absolute Gasteiger partial charge is 0.337 e. The number of nitrogens with one attached hydrogen (secondary N) is 1. The molecule has 1 amide bonds. The molecular weight excluding hydrogens is 364 g/mol. The number of hydrogen-bond acceptors (Lipinski definition) is 6. The number of amides is 1. The van der Waals surface area contributed by atoms with Gasteiger partial charge in [0, 0.05) is 17.8 Å². The predicted octanol–water partition coefficient (Wildman–Crippen LogP) is 4.78. The topological polar surface area (TPSA) is 58.1 Å². The molecule has 1 fully saturated rings. The minimum Gasteiger partial charge on any atom is -0.337 e. The van der Waals surface area contributed by atoms with Gasteiger partial charge < -0.3 is 10.2 Å². The average molecular weight is 391 g/mol. The monoisotopic (exact) mass is 390 g/mol. The van der Waals surface area contributed by atoms with E-state index in [2.05, 4.69) is 55.3 Å². The molecule has 26 heavy (non-hydrogen) atoms. The first-order valence-electron chi connectivity index (χ1n) is 9.06. The third kappa shape index (κ3) is 4.57.